The molecule has 0 saturated carbocycles. The van der Waals surface area contributed by atoms with Gasteiger partial charge in [0, 0.05) is 52.4 Å². The lowest BCUT2D eigenvalue weighted by molar-refractivity contribution is -0.158. The number of hydrogen-bond acceptors (Lipinski definition) is 16. The summed E-state index contributed by atoms with van der Waals surface area (Å²) in [6, 6.07) is 0. The van der Waals surface area contributed by atoms with Crippen molar-refractivity contribution in [1.82, 2.24) is 39.6 Å². The van der Waals surface area contributed by atoms with Gasteiger partial charge in [0.2, 0.25) is 11.8 Å². The molecule has 0 unspecified atom stereocenters. The molecule has 0 atom stereocenters. The van der Waals surface area contributed by atoms with Crippen molar-refractivity contribution in [3.05, 3.63) is 0 Å². The monoisotopic (exact) mass is 814 g/mol. The van der Waals surface area contributed by atoms with Crippen molar-refractivity contribution in [3.63, 3.8) is 0 Å². The summed E-state index contributed by atoms with van der Waals surface area (Å²) < 4.78 is 16.8. The van der Waals surface area contributed by atoms with Crippen molar-refractivity contribution in [2.24, 2.45) is 0 Å². The Morgan fingerprint density at radius 1 is 0.456 bits per heavy atom. The first-order valence-corrected chi connectivity index (χ1v) is 19.2. The Labute approximate surface area is 336 Å². The summed E-state index contributed by atoms with van der Waals surface area (Å²) in [5.41, 5.74) is -2.09. The third kappa shape index (κ3) is 22.5. The van der Waals surface area contributed by atoms with Gasteiger partial charge in [0.1, 0.15) is 16.8 Å². The van der Waals surface area contributed by atoms with Crippen LogP contribution in [0.2, 0.25) is 0 Å². The summed E-state index contributed by atoms with van der Waals surface area (Å²) >= 11 is 0. The highest BCUT2D eigenvalue weighted by molar-refractivity contribution is 5.85. The van der Waals surface area contributed by atoms with Crippen LogP contribution in [-0.2, 0) is 47.8 Å². The van der Waals surface area contributed by atoms with Gasteiger partial charge < -0.3 is 34.6 Å². The maximum Gasteiger partial charge on any atom is 0.320 e. The third-order valence-electron chi connectivity index (χ3n) is 8.26. The Balaban J connectivity index is 2.25. The highest BCUT2D eigenvalue weighted by Gasteiger charge is 2.30. The summed E-state index contributed by atoms with van der Waals surface area (Å²) in [4.78, 5) is 99.7. The summed E-state index contributed by atoms with van der Waals surface area (Å²) in [5, 5.41) is 21.2. The molecule has 0 aromatic heterocycles. The van der Waals surface area contributed by atoms with E-state index in [2.05, 4.69) is 5.32 Å². The molecule has 20 heteroatoms. The zero-order chi connectivity index (χ0) is 43.1. The molecule has 0 aromatic rings. The molecule has 2 amide bonds. The second-order valence-corrected chi connectivity index (χ2v) is 17.4. The number of carboxylic acids is 2. The number of nitrogens with zero attached hydrogens (tertiary/aromatic N) is 7. The maximum absolute atomic E-state index is 13.3. The standard InChI is InChI=1S/C37H66N8O12/c1-35(2,3)55-32(52)22-40-12-10-39(19-28(46)38-18-29(47)45-26-43(20-30(48)49)25-44(27-45)21-31(50)51)11-13-41(23-33(53)56-36(4,5)6)15-17-42(16-14-40)24-34(54)57-37(7,8)9/h10-27H2,1-9H3,(H,38,46)(H,48,49)(H,50,51). The summed E-state index contributed by atoms with van der Waals surface area (Å²) in [7, 11) is 0. The molecule has 0 aromatic carbocycles. The second kappa shape index (κ2) is 22.3. The molecule has 0 aliphatic carbocycles. The maximum atomic E-state index is 13.3. The van der Waals surface area contributed by atoms with E-state index >= 15 is 0 Å². The normalized spacial score (nSPS) is 18.5. The van der Waals surface area contributed by atoms with Crippen molar-refractivity contribution < 1.29 is 58.0 Å². The van der Waals surface area contributed by atoms with Crippen LogP contribution < -0.4 is 5.32 Å². The Morgan fingerprint density at radius 2 is 0.754 bits per heavy atom. The molecule has 2 fully saturated rings. The van der Waals surface area contributed by atoms with Crippen molar-refractivity contribution in [3.8, 4) is 0 Å². The number of hydrogen-bond donors (Lipinski definition) is 3. The van der Waals surface area contributed by atoms with Gasteiger partial charge in [-0.15, -0.1) is 0 Å². The van der Waals surface area contributed by atoms with Gasteiger partial charge in [0.15, 0.2) is 0 Å². The average molecular weight is 815 g/mol. The highest BCUT2D eigenvalue weighted by atomic mass is 16.6. The lowest BCUT2D eigenvalue weighted by atomic mass is 10.2. The highest BCUT2D eigenvalue weighted by Crippen LogP contribution is 2.12. The van der Waals surface area contributed by atoms with Crippen LogP contribution in [0.25, 0.3) is 0 Å². The van der Waals surface area contributed by atoms with Crippen LogP contribution >= 0.6 is 0 Å². The van der Waals surface area contributed by atoms with E-state index in [1.807, 2.05) is 19.6 Å². The molecule has 57 heavy (non-hydrogen) atoms. The van der Waals surface area contributed by atoms with E-state index in [0.717, 1.165) is 0 Å². The minimum Gasteiger partial charge on any atom is -0.480 e. The number of esters is 3. The van der Waals surface area contributed by atoms with Gasteiger partial charge >= 0.3 is 29.8 Å². The van der Waals surface area contributed by atoms with Gasteiger partial charge in [-0.05, 0) is 62.3 Å². The number of rotatable bonds is 14. The fourth-order valence-electron chi connectivity index (χ4n) is 6.07. The molecule has 2 aliphatic heterocycles. The molecule has 3 N–H and O–H groups in total. The number of carbonyl (C=O) groups excluding carboxylic acids is 5. The molecule has 326 valence electrons. The molecular weight excluding hydrogens is 748 g/mol. The van der Waals surface area contributed by atoms with Crippen molar-refractivity contribution in [2.75, 3.05) is 118 Å². The zero-order valence-corrected chi connectivity index (χ0v) is 35.3. The minimum absolute atomic E-state index is 0.00451. The predicted octanol–water partition coefficient (Wildman–Crippen LogP) is -1.16. The second-order valence-electron chi connectivity index (χ2n) is 17.4. The van der Waals surface area contributed by atoms with Crippen molar-refractivity contribution in [1.29, 1.82) is 0 Å². The van der Waals surface area contributed by atoms with Crippen molar-refractivity contribution in [2.45, 2.75) is 79.1 Å². The number of nitrogens with one attached hydrogen (secondary N) is 1. The number of aliphatic carboxylic acids is 2. The van der Waals surface area contributed by atoms with E-state index in [9.17, 15) is 43.8 Å². The molecule has 2 saturated heterocycles. The first kappa shape index (κ1) is 49.2. The molecule has 20 nitrogen and oxygen atoms in total. The average Bonchev–Trinajstić information content (AvgIpc) is 3.01. The van der Waals surface area contributed by atoms with Crippen LogP contribution in [0, 0.1) is 0 Å². The van der Waals surface area contributed by atoms with Gasteiger partial charge in [-0.1, -0.05) is 0 Å². The first-order valence-electron chi connectivity index (χ1n) is 19.2. The molecule has 0 spiro atoms. The van der Waals surface area contributed by atoms with E-state index in [1.165, 1.54) is 14.7 Å². The van der Waals surface area contributed by atoms with E-state index in [1.54, 1.807) is 62.3 Å². The number of ether oxygens (including phenoxy) is 3. The van der Waals surface area contributed by atoms with Gasteiger partial charge in [0.25, 0.3) is 0 Å². The Morgan fingerprint density at radius 3 is 1.04 bits per heavy atom. The lowest BCUT2D eigenvalue weighted by Gasteiger charge is -2.41. The van der Waals surface area contributed by atoms with Crippen LogP contribution in [0.1, 0.15) is 62.3 Å². The zero-order valence-electron chi connectivity index (χ0n) is 35.3. The summed E-state index contributed by atoms with van der Waals surface area (Å²) in [6.07, 6.45) is 0. The van der Waals surface area contributed by atoms with E-state index in [0.29, 0.717) is 52.4 Å². The molecule has 2 rings (SSSR count). The Hall–Kier alpha value is -3.95. The number of amides is 2. The van der Waals surface area contributed by atoms with E-state index in [4.69, 9.17) is 14.2 Å². The largest absolute Gasteiger partial charge is 0.480 e. The topological polar surface area (TPSA) is 222 Å². The lowest BCUT2D eigenvalue weighted by Crippen LogP contribution is -2.59. The van der Waals surface area contributed by atoms with Crippen LogP contribution in [0.3, 0.4) is 0 Å². The molecule has 2 aliphatic rings. The summed E-state index contributed by atoms with van der Waals surface area (Å²) in [6.45, 7) is 17.4. The van der Waals surface area contributed by atoms with Gasteiger partial charge in [-0.2, -0.15) is 0 Å². The first-order chi connectivity index (χ1) is 26.2. The molecule has 2 heterocycles. The van der Waals surface area contributed by atoms with Crippen LogP contribution in [0.4, 0.5) is 0 Å². The number of carboxylic acid groups (broad SMARTS) is 2. The number of carbonyl (C=O) groups is 7. The fourth-order valence-corrected chi connectivity index (χ4v) is 6.07. The fraction of sp³-hybridized carbons (Fsp3) is 0.811. The SMILES string of the molecule is CC(C)(C)OC(=O)CN1CCN(CC(=O)NCC(=O)N2CN(CC(=O)O)CN(CC(=O)O)C2)CCN(CC(=O)OC(C)(C)C)CCN(CC(=O)OC(C)(C)C)CC1. The predicted molar refractivity (Wildman–Crippen MR) is 206 cm³/mol. The van der Waals surface area contributed by atoms with Crippen LogP contribution in [0.15, 0.2) is 0 Å². The molecular formula is C37H66N8O12. The third-order valence-corrected chi connectivity index (χ3v) is 8.26. The summed E-state index contributed by atoms with van der Waals surface area (Å²) in [5.74, 6) is -4.53. The quantitative estimate of drug-likeness (QED) is 0.139. The van der Waals surface area contributed by atoms with Gasteiger partial charge in [0.05, 0.1) is 65.8 Å². The van der Waals surface area contributed by atoms with Crippen LogP contribution in [0.5, 0.6) is 0 Å². The van der Waals surface area contributed by atoms with Gasteiger partial charge in [-0.25, -0.2) is 0 Å². The Bertz CT molecular complexity index is 1320. The molecule has 0 bridgehead atoms. The smallest absolute Gasteiger partial charge is 0.320 e. The minimum atomic E-state index is -1.13. The van der Waals surface area contributed by atoms with Gasteiger partial charge in [-0.3, -0.25) is 63.0 Å². The van der Waals surface area contributed by atoms with E-state index < -0.39 is 78.1 Å². The molecule has 0 radical (unpaired) electrons. The Kier molecular flexibility index (Phi) is 19.2. The van der Waals surface area contributed by atoms with Crippen LogP contribution in [-0.4, -0.2) is 221 Å². The van der Waals surface area contributed by atoms with E-state index in [-0.39, 0.29) is 46.2 Å². The van der Waals surface area contributed by atoms with Crippen molar-refractivity contribution >= 4 is 41.7 Å².